The molecule has 1 saturated carbocycles. The van der Waals surface area contributed by atoms with Crippen molar-refractivity contribution < 1.29 is 9.90 Å². The number of hydrogen-bond acceptors (Lipinski definition) is 5. The summed E-state index contributed by atoms with van der Waals surface area (Å²) in [6, 6.07) is 3.23. The molecule has 6 heteroatoms. The Morgan fingerprint density at radius 1 is 1.29 bits per heavy atom. The van der Waals surface area contributed by atoms with Gasteiger partial charge in [0.05, 0.1) is 12.1 Å². The van der Waals surface area contributed by atoms with Crippen LogP contribution in [-0.4, -0.2) is 39.9 Å². The van der Waals surface area contributed by atoms with Crippen molar-refractivity contribution in [2.24, 2.45) is 0 Å². The summed E-state index contributed by atoms with van der Waals surface area (Å²) in [5, 5.41) is 23.9. The maximum atomic E-state index is 12.2. The van der Waals surface area contributed by atoms with Crippen LogP contribution in [0.3, 0.4) is 0 Å². The highest BCUT2D eigenvalue weighted by molar-refractivity contribution is 5.92. The van der Waals surface area contributed by atoms with Crippen LogP contribution in [0.5, 0.6) is 0 Å². The van der Waals surface area contributed by atoms with Crippen molar-refractivity contribution in [2.75, 3.05) is 11.9 Å². The van der Waals surface area contributed by atoms with Crippen LogP contribution < -0.4 is 10.6 Å². The number of carbonyl (C=O) groups excluding carboxylic acids is 1. The van der Waals surface area contributed by atoms with Crippen molar-refractivity contribution in [1.29, 1.82) is 0 Å². The Kier molecular flexibility index (Phi) is 5.92. The maximum Gasteiger partial charge on any atom is 0.272 e. The van der Waals surface area contributed by atoms with E-state index in [0.29, 0.717) is 5.82 Å². The predicted molar refractivity (Wildman–Crippen MR) is 81.2 cm³/mol. The van der Waals surface area contributed by atoms with Gasteiger partial charge in [0.1, 0.15) is 5.82 Å². The largest absolute Gasteiger partial charge is 0.391 e. The van der Waals surface area contributed by atoms with Crippen molar-refractivity contribution in [3.8, 4) is 0 Å². The van der Waals surface area contributed by atoms with E-state index in [9.17, 15) is 9.90 Å². The van der Waals surface area contributed by atoms with Crippen LogP contribution in [0.15, 0.2) is 12.1 Å². The first kappa shape index (κ1) is 15.7. The van der Waals surface area contributed by atoms with Gasteiger partial charge in [0.2, 0.25) is 0 Å². The van der Waals surface area contributed by atoms with Crippen LogP contribution >= 0.6 is 0 Å². The van der Waals surface area contributed by atoms with E-state index in [-0.39, 0.29) is 17.6 Å². The summed E-state index contributed by atoms with van der Waals surface area (Å²) >= 11 is 0. The molecule has 0 saturated heterocycles. The lowest BCUT2D eigenvalue weighted by Gasteiger charge is -2.21. The molecule has 1 heterocycles. The topological polar surface area (TPSA) is 87.1 Å². The Bertz CT molecular complexity index is 449. The number of aliphatic hydroxyl groups is 1. The van der Waals surface area contributed by atoms with Crippen LogP contribution in [0.1, 0.15) is 55.9 Å². The highest BCUT2D eigenvalue weighted by atomic mass is 16.3. The minimum absolute atomic E-state index is 0.181. The van der Waals surface area contributed by atoms with Gasteiger partial charge in [0, 0.05) is 6.54 Å². The van der Waals surface area contributed by atoms with Gasteiger partial charge in [-0.15, -0.1) is 10.2 Å². The molecule has 3 N–H and O–H groups in total. The summed E-state index contributed by atoms with van der Waals surface area (Å²) in [7, 11) is 0. The SMILES string of the molecule is CCCNc1ccc(C(=O)NC2CCCCCC2O)nn1. The molecule has 2 unspecified atom stereocenters. The third-order valence-electron chi connectivity index (χ3n) is 3.75. The van der Waals surface area contributed by atoms with Gasteiger partial charge in [-0.05, 0) is 31.4 Å². The Labute approximate surface area is 125 Å². The first-order valence-electron chi connectivity index (χ1n) is 7.77. The Hall–Kier alpha value is -1.69. The summed E-state index contributed by atoms with van der Waals surface area (Å²) in [5.74, 6) is 0.401. The molecule has 1 aromatic heterocycles. The van der Waals surface area contributed by atoms with E-state index in [2.05, 4.69) is 27.8 Å². The normalized spacial score (nSPS) is 22.4. The Balaban J connectivity index is 1.92. The summed E-state index contributed by atoms with van der Waals surface area (Å²) in [4.78, 5) is 12.2. The van der Waals surface area contributed by atoms with Gasteiger partial charge in [-0.2, -0.15) is 0 Å². The van der Waals surface area contributed by atoms with Gasteiger partial charge in [0.25, 0.3) is 5.91 Å². The molecule has 2 rings (SSSR count). The van der Waals surface area contributed by atoms with Crippen LogP contribution in [0, 0.1) is 0 Å². The molecule has 0 bridgehead atoms. The molecule has 0 spiro atoms. The van der Waals surface area contributed by atoms with E-state index < -0.39 is 6.10 Å². The van der Waals surface area contributed by atoms with Crippen molar-refractivity contribution >= 4 is 11.7 Å². The van der Waals surface area contributed by atoms with Gasteiger partial charge in [-0.25, -0.2) is 0 Å². The van der Waals surface area contributed by atoms with Crippen LogP contribution in [0.25, 0.3) is 0 Å². The molecule has 1 aromatic rings. The molecule has 1 fully saturated rings. The smallest absolute Gasteiger partial charge is 0.272 e. The second-order valence-electron chi connectivity index (χ2n) is 5.52. The monoisotopic (exact) mass is 292 g/mol. The van der Waals surface area contributed by atoms with Gasteiger partial charge in [-0.3, -0.25) is 4.79 Å². The third kappa shape index (κ3) is 4.67. The second kappa shape index (κ2) is 7.93. The number of aliphatic hydroxyl groups excluding tert-OH is 1. The number of carbonyl (C=O) groups is 1. The number of amides is 1. The van der Waals surface area contributed by atoms with Crippen molar-refractivity contribution in [2.45, 2.75) is 57.6 Å². The van der Waals surface area contributed by atoms with Gasteiger partial charge >= 0.3 is 0 Å². The molecule has 1 aliphatic rings. The number of aromatic nitrogens is 2. The fourth-order valence-corrected chi connectivity index (χ4v) is 2.50. The minimum atomic E-state index is -0.463. The molecule has 1 amide bonds. The molecule has 0 aliphatic heterocycles. The van der Waals surface area contributed by atoms with E-state index in [1.165, 1.54) is 0 Å². The average Bonchev–Trinajstić information content (AvgIpc) is 2.70. The third-order valence-corrected chi connectivity index (χ3v) is 3.75. The fraction of sp³-hybridized carbons (Fsp3) is 0.667. The summed E-state index contributed by atoms with van der Waals surface area (Å²) in [6.07, 6.45) is 5.27. The predicted octanol–water partition coefficient (Wildman–Crippen LogP) is 1.72. The number of nitrogens with one attached hydrogen (secondary N) is 2. The maximum absolute atomic E-state index is 12.2. The van der Waals surface area contributed by atoms with Gasteiger partial charge in [0.15, 0.2) is 5.69 Å². The van der Waals surface area contributed by atoms with Crippen molar-refractivity contribution in [3.05, 3.63) is 17.8 Å². The molecule has 21 heavy (non-hydrogen) atoms. The summed E-state index contributed by atoms with van der Waals surface area (Å²) in [6.45, 7) is 2.90. The first-order chi connectivity index (χ1) is 10.2. The summed E-state index contributed by atoms with van der Waals surface area (Å²) < 4.78 is 0. The summed E-state index contributed by atoms with van der Waals surface area (Å²) in [5.41, 5.74) is 0.286. The highest BCUT2D eigenvalue weighted by Crippen LogP contribution is 2.18. The standard InChI is InChI=1S/C15H24N4O2/c1-2-10-16-14-9-8-12(18-19-14)15(21)17-11-6-4-3-5-7-13(11)20/h8-9,11,13,20H,2-7,10H2,1H3,(H,16,19)(H,17,21). The Morgan fingerprint density at radius 2 is 2.10 bits per heavy atom. The zero-order chi connectivity index (χ0) is 15.1. The zero-order valence-corrected chi connectivity index (χ0v) is 12.5. The lowest BCUT2D eigenvalue weighted by Crippen LogP contribution is -2.43. The van der Waals surface area contributed by atoms with E-state index >= 15 is 0 Å². The molecule has 0 aromatic carbocycles. The van der Waals surface area contributed by atoms with E-state index in [4.69, 9.17) is 0 Å². The minimum Gasteiger partial charge on any atom is -0.391 e. The molecule has 1 aliphatic carbocycles. The lowest BCUT2D eigenvalue weighted by molar-refractivity contribution is 0.0813. The molecule has 6 nitrogen and oxygen atoms in total. The fourth-order valence-electron chi connectivity index (χ4n) is 2.50. The number of hydrogen-bond donors (Lipinski definition) is 3. The van der Waals surface area contributed by atoms with Crippen LogP contribution in [0.4, 0.5) is 5.82 Å². The highest BCUT2D eigenvalue weighted by Gasteiger charge is 2.24. The second-order valence-corrected chi connectivity index (χ2v) is 5.52. The van der Waals surface area contributed by atoms with Gasteiger partial charge in [-0.1, -0.05) is 26.2 Å². The van der Waals surface area contributed by atoms with Gasteiger partial charge < -0.3 is 15.7 Å². The quantitative estimate of drug-likeness (QED) is 0.719. The first-order valence-corrected chi connectivity index (χ1v) is 7.77. The Morgan fingerprint density at radius 3 is 2.81 bits per heavy atom. The number of anilines is 1. The van der Waals surface area contributed by atoms with Crippen molar-refractivity contribution in [3.63, 3.8) is 0 Å². The molecule has 0 radical (unpaired) electrons. The molecular weight excluding hydrogens is 268 g/mol. The van der Waals surface area contributed by atoms with E-state index in [1.54, 1.807) is 12.1 Å². The zero-order valence-electron chi connectivity index (χ0n) is 12.5. The number of nitrogens with zero attached hydrogens (tertiary/aromatic N) is 2. The average molecular weight is 292 g/mol. The molecular formula is C15H24N4O2. The lowest BCUT2D eigenvalue weighted by atomic mass is 10.1. The number of rotatable bonds is 5. The van der Waals surface area contributed by atoms with Crippen molar-refractivity contribution in [1.82, 2.24) is 15.5 Å². The van der Waals surface area contributed by atoms with E-state index in [0.717, 1.165) is 45.1 Å². The van der Waals surface area contributed by atoms with Crippen LogP contribution in [0.2, 0.25) is 0 Å². The molecule has 2 atom stereocenters. The van der Waals surface area contributed by atoms with Crippen LogP contribution in [-0.2, 0) is 0 Å². The molecule has 116 valence electrons. The van der Waals surface area contributed by atoms with E-state index in [1.807, 2.05) is 0 Å².